The highest BCUT2D eigenvalue weighted by molar-refractivity contribution is 9.10. The van der Waals surface area contributed by atoms with E-state index in [4.69, 9.17) is 5.73 Å². The molecule has 0 aromatic heterocycles. The van der Waals surface area contributed by atoms with Gasteiger partial charge in [0.25, 0.3) is 0 Å². The quantitative estimate of drug-likeness (QED) is 0.905. The van der Waals surface area contributed by atoms with E-state index in [9.17, 15) is 4.39 Å². The summed E-state index contributed by atoms with van der Waals surface area (Å²) in [4.78, 5) is 2.29. The first-order chi connectivity index (χ1) is 7.66. The zero-order valence-corrected chi connectivity index (χ0v) is 10.7. The molecule has 88 valence electrons. The molecule has 1 heterocycles. The third-order valence-electron chi connectivity index (χ3n) is 2.97. The van der Waals surface area contributed by atoms with Crippen LogP contribution in [0.5, 0.6) is 0 Å². The number of rotatable bonds is 2. The molecule has 0 aliphatic carbocycles. The van der Waals surface area contributed by atoms with Crippen LogP contribution < -0.4 is 5.73 Å². The molecule has 1 unspecified atom stereocenters. The molecule has 0 bridgehead atoms. The Balaban J connectivity index is 2.05. The van der Waals surface area contributed by atoms with Gasteiger partial charge in [-0.1, -0.05) is 12.1 Å². The Kier molecular flexibility index (Phi) is 3.95. The van der Waals surface area contributed by atoms with Crippen molar-refractivity contribution in [2.45, 2.75) is 25.4 Å². The molecule has 1 fully saturated rings. The molecule has 4 heteroatoms. The molecule has 16 heavy (non-hydrogen) atoms. The maximum Gasteiger partial charge on any atom is 0.137 e. The molecule has 2 rings (SSSR count). The van der Waals surface area contributed by atoms with Gasteiger partial charge < -0.3 is 5.73 Å². The largest absolute Gasteiger partial charge is 0.327 e. The molecule has 2 nitrogen and oxygen atoms in total. The molecule has 0 radical (unpaired) electrons. The Morgan fingerprint density at radius 2 is 2.31 bits per heavy atom. The maximum absolute atomic E-state index is 13.3. The molecule has 1 saturated heterocycles. The summed E-state index contributed by atoms with van der Waals surface area (Å²) in [5.41, 5.74) is 6.91. The van der Waals surface area contributed by atoms with E-state index >= 15 is 0 Å². The van der Waals surface area contributed by atoms with Crippen LogP contribution in [-0.4, -0.2) is 24.0 Å². The smallest absolute Gasteiger partial charge is 0.137 e. The highest BCUT2D eigenvalue weighted by Gasteiger charge is 2.17. The van der Waals surface area contributed by atoms with Crippen molar-refractivity contribution in [3.8, 4) is 0 Å². The Hall–Kier alpha value is -0.450. The normalized spacial score (nSPS) is 22.3. The van der Waals surface area contributed by atoms with Crippen molar-refractivity contribution < 1.29 is 4.39 Å². The van der Waals surface area contributed by atoms with Crippen molar-refractivity contribution in [2.75, 3.05) is 13.1 Å². The van der Waals surface area contributed by atoms with Crippen molar-refractivity contribution in [1.29, 1.82) is 0 Å². The minimum Gasteiger partial charge on any atom is -0.327 e. The molecule has 0 saturated carbocycles. The summed E-state index contributed by atoms with van der Waals surface area (Å²) in [6.45, 7) is 2.73. The number of piperidine rings is 1. The molecule has 1 atom stereocenters. The number of nitrogens with zero attached hydrogens (tertiary/aromatic N) is 1. The zero-order chi connectivity index (χ0) is 11.5. The Labute approximate surface area is 104 Å². The van der Waals surface area contributed by atoms with Crippen molar-refractivity contribution in [1.82, 2.24) is 4.90 Å². The second-order valence-electron chi connectivity index (χ2n) is 4.35. The van der Waals surface area contributed by atoms with Gasteiger partial charge in [-0.3, -0.25) is 4.90 Å². The average molecular weight is 287 g/mol. The molecule has 0 spiro atoms. The minimum atomic E-state index is -0.196. The topological polar surface area (TPSA) is 29.3 Å². The van der Waals surface area contributed by atoms with Crippen LogP contribution in [0.1, 0.15) is 18.4 Å². The predicted molar refractivity (Wildman–Crippen MR) is 66.6 cm³/mol. The van der Waals surface area contributed by atoms with Crippen molar-refractivity contribution >= 4 is 15.9 Å². The van der Waals surface area contributed by atoms with E-state index < -0.39 is 0 Å². The van der Waals surface area contributed by atoms with Crippen LogP contribution in [0.25, 0.3) is 0 Å². The van der Waals surface area contributed by atoms with Crippen molar-refractivity contribution in [3.63, 3.8) is 0 Å². The van der Waals surface area contributed by atoms with Gasteiger partial charge in [-0.25, -0.2) is 4.39 Å². The lowest BCUT2D eigenvalue weighted by Gasteiger charge is -2.30. The molecule has 2 N–H and O–H groups in total. The summed E-state index contributed by atoms with van der Waals surface area (Å²) in [6, 6.07) is 5.43. The van der Waals surface area contributed by atoms with Crippen LogP contribution in [-0.2, 0) is 6.54 Å². The number of benzene rings is 1. The summed E-state index contributed by atoms with van der Waals surface area (Å²) >= 11 is 3.29. The Morgan fingerprint density at radius 1 is 1.50 bits per heavy atom. The maximum atomic E-state index is 13.3. The van der Waals surface area contributed by atoms with Gasteiger partial charge in [0.15, 0.2) is 0 Å². The van der Waals surface area contributed by atoms with Gasteiger partial charge in [-0.15, -0.1) is 0 Å². The predicted octanol–water partition coefficient (Wildman–Crippen LogP) is 2.51. The molecule has 1 aromatic carbocycles. The summed E-state index contributed by atoms with van der Waals surface area (Å²) < 4.78 is 13.9. The van der Waals surface area contributed by atoms with Crippen LogP contribution in [0, 0.1) is 5.82 Å². The fourth-order valence-corrected chi connectivity index (χ4v) is 2.54. The van der Waals surface area contributed by atoms with Crippen molar-refractivity contribution in [3.05, 3.63) is 34.1 Å². The monoisotopic (exact) mass is 286 g/mol. The van der Waals surface area contributed by atoms with Gasteiger partial charge in [-0.2, -0.15) is 0 Å². The number of likely N-dealkylation sites (tertiary alicyclic amines) is 1. The van der Waals surface area contributed by atoms with Crippen LogP contribution in [0.15, 0.2) is 22.7 Å². The summed E-state index contributed by atoms with van der Waals surface area (Å²) in [5, 5.41) is 0. The molecule has 1 aliphatic rings. The van der Waals surface area contributed by atoms with Crippen LogP contribution in [0.4, 0.5) is 4.39 Å². The van der Waals surface area contributed by atoms with Gasteiger partial charge in [-0.05, 0) is 46.9 Å². The molecular weight excluding hydrogens is 271 g/mol. The van der Waals surface area contributed by atoms with Gasteiger partial charge in [0.2, 0.25) is 0 Å². The third kappa shape index (κ3) is 2.81. The highest BCUT2D eigenvalue weighted by Crippen LogP contribution is 2.22. The molecule has 1 aromatic rings. The lowest BCUT2D eigenvalue weighted by atomic mass is 10.1. The van der Waals surface area contributed by atoms with Gasteiger partial charge in [0, 0.05) is 19.1 Å². The third-order valence-corrected chi connectivity index (χ3v) is 3.86. The van der Waals surface area contributed by atoms with E-state index in [1.165, 1.54) is 6.07 Å². The van der Waals surface area contributed by atoms with Gasteiger partial charge in [0.05, 0.1) is 4.47 Å². The molecular formula is C12H16BrFN2. The average Bonchev–Trinajstić information content (AvgIpc) is 2.25. The van der Waals surface area contributed by atoms with Crippen LogP contribution >= 0.6 is 15.9 Å². The number of hydrogen-bond acceptors (Lipinski definition) is 2. The number of hydrogen-bond donors (Lipinski definition) is 1. The SMILES string of the molecule is NC1CCCN(Cc2cccc(F)c2Br)C1. The van der Waals surface area contributed by atoms with Crippen LogP contribution in [0.2, 0.25) is 0 Å². The van der Waals surface area contributed by atoms with Gasteiger partial charge in [0.1, 0.15) is 5.82 Å². The standard InChI is InChI=1S/C12H16BrFN2/c13-12-9(3-1-5-11(12)14)7-16-6-2-4-10(15)8-16/h1,3,5,10H,2,4,6-8,15H2. The van der Waals surface area contributed by atoms with E-state index in [1.54, 1.807) is 6.07 Å². The lowest BCUT2D eigenvalue weighted by molar-refractivity contribution is 0.201. The fourth-order valence-electron chi connectivity index (χ4n) is 2.15. The number of nitrogens with two attached hydrogens (primary N) is 1. The first-order valence-electron chi connectivity index (χ1n) is 5.57. The number of halogens is 2. The minimum absolute atomic E-state index is 0.196. The van der Waals surface area contributed by atoms with Crippen LogP contribution in [0.3, 0.4) is 0 Å². The van der Waals surface area contributed by atoms with Crippen molar-refractivity contribution in [2.24, 2.45) is 5.73 Å². The Bertz CT molecular complexity index is 370. The van der Waals surface area contributed by atoms with E-state index in [0.717, 1.165) is 38.0 Å². The summed E-state index contributed by atoms with van der Waals surface area (Å²) in [5.74, 6) is -0.196. The van der Waals surface area contributed by atoms with E-state index in [0.29, 0.717) is 4.47 Å². The fraction of sp³-hybridized carbons (Fsp3) is 0.500. The molecule has 0 amide bonds. The second kappa shape index (κ2) is 5.25. The van der Waals surface area contributed by atoms with E-state index in [-0.39, 0.29) is 11.9 Å². The highest BCUT2D eigenvalue weighted by atomic mass is 79.9. The van der Waals surface area contributed by atoms with E-state index in [1.807, 2.05) is 6.07 Å². The second-order valence-corrected chi connectivity index (χ2v) is 5.14. The zero-order valence-electron chi connectivity index (χ0n) is 9.13. The summed E-state index contributed by atoms with van der Waals surface area (Å²) in [6.07, 6.45) is 2.23. The summed E-state index contributed by atoms with van der Waals surface area (Å²) in [7, 11) is 0. The first-order valence-corrected chi connectivity index (χ1v) is 6.37. The molecule has 1 aliphatic heterocycles. The lowest BCUT2D eigenvalue weighted by Crippen LogP contribution is -2.42. The van der Waals surface area contributed by atoms with Gasteiger partial charge >= 0.3 is 0 Å². The van der Waals surface area contributed by atoms with E-state index in [2.05, 4.69) is 20.8 Å². The Morgan fingerprint density at radius 3 is 3.06 bits per heavy atom. The first kappa shape index (κ1) is 12.0.